The Bertz CT molecular complexity index is 549. The van der Waals surface area contributed by atoms with Crippen molar-refractivity contribution in [2.45, 2.75) is 24.7 Å². The molecular weight excluding hydrogens is 230 g/mol. The summed E-state index contributed by atoms with van der Waals surface area (Å²) in [5.41, 5.74) is 6.21. The Morgan fingerprint density at radius 1 is 0.789 bits per heavy atom. The Hall–Kier alpha value is -1.60. The summed E-state index contributed by atoms with van der Waals surface area (Å²) in [6.07, 6.45) is 2.36. The molecular formula is C18H19N. The third kappa shape index (κ3) is 1.81. The van der Waals surface area contributed by atoms with E-state index in [0.29, 0.717) is 11.8 Å². The Kier molecular flexibility index (Phi) is 2.66. The lowest BCUT2D eigenvalue weighted by molar-refractivity contribution is 0.405. The molecule has 0 spiro atoms. The maximum atomic E-state index is 3.58. The highest BCUT2D eigenvalue weighted by Crippen LogP contribution is 2.43. The summed E-state index contributed by atoms with van der Waals surface area (Å²) in [6.45, 7) is 2.27. The normalized spacial score (nSPS) is 24.8. The number of benzene rings is 2. The van der Waals surface area contributed by atoms with Crippen LogP contribution in [0.1, 0.15) is 40.5 Å². The second-order valence-electron chi connectivity index (χ2n) is 5.78. The second-order valence-corrected chi connectivity index (χ2v) is 5.78. The molecule has 1 N–H and O–H groups in total. The van der Waals surface area contributed by atoms with Crippen LogP contribution in [0.5, 0.6) is 0 Å². The predicted octanol–water partition coefficient (Wildman–Crippen LogP) is 3.45. The van der Waals surface area contributed by atoms with Crippen LogP contribution in [-0.2, 0) is 6.42 Å². The molecule has 1 fully saturated rings. The minimum atomic E-state index is 0.647. The van der Waals surface area contributed by atoms with Crippen LogP contribution in [0.15, 0.2) is 48.5 Å². The van der Waals surface area contributed by atoms with Crippen molar-refractivity contribution in [3.63, 3.8) is 0 Å². The topological polar surface area (TPSA) is 12.0 Å². The van der Waals surface area contributed by atoms with Crippen molar-refractivity contribution >= 4 is 0 Å². The monoisotopic (exact) mass is 249 g/mol. The van der Waals surface area contributed by atoms with Gasteiger partial charge in [0.1, 0.15) is 0 Å². The molecule has 0 amide bonds. The molecule has 2 atom stereocenters. The van der Waals surface area contributed by atoms with Gasteiger partial charge >= 0.3 is 0 Å². The highest BCUT2D eigenvalue weighted by molar-refractivity contribution is 5.45. The number of fused-ring (bicyclic) bond motifs is 5. The van der Waals surface area contributed by atoms with Gasteiger partial charge in [-0.1, -0.05) is 48.5 Å². The van der Waals surface area contributed by atoms with Gasteiger partial charge in [-0.2, -0.15) is 0 Å². The summed E-state index contributed by atoms with van der Waals surface area (Å²) in [4.78, 5) is 0. The van der Waals surface area contributed by atoms with Crippen LogP contribution in [0.3, 0.4) is 0 Å². The summed E-state index contributed by atoms with van der Waals surface area (Å²) in [5, 5.41) is 3.58. The largest absolute Gasteiger partial charge is 0.316 e. The fraction of sp³-hybridized carbons (Fsp3) is 0.333. The van der Waals surface area contributed by atoms with Crippen LogP contribution in [0.4, 0.5) is 0 Å². The van der Waals surface area contributed by atoms with Gasteiger partial charge in [-0.15, -0.1) is 0 Å². The smallest absolute Gasteiger partial charge is 0.00356 e. The maximum absolute atomic E-state index is 3.58. The molecule has 96 valence electrons. The van der Waals surface area contributed by atoms with E-state index in [2.05, 4.69) is 53.8 Å². The standard InChI is InChI=1S/C18H19N/c1-3-7-15-13(5-1)11-14-6-2-4-8-16(14)18-12-19-10-9-17(15)18/h1-8,17-19H,9-12H2/t17-,18+/m0/s1. The molecule has 0 bridgehead atoms. The van der Waals surface area contributed by atoms with Gasteiger partial charge in [0, 0.05) is 12.5 Å². The molecule has 19 heavy (non-hydrogen) atoms. The molecule has 1 heterocycles. The van der Waals surface area contributed by atoms with E-state index < -0.39 is 0 Å². The highest BCUT2D eigenvalue weighted by Gasteiger charge is 2.32. The molecule has 4 rings (SSSR count). The lowest BCUT2D eigenvalue weighted by Gasteiger charge is -2.33. The van der Waals surface area contributed by atoms with E-state index >= 15 is 0 Å². The summed E-state index contributed by atoms with van der Waals surface area (Å²) in [5.74, 6) is 1.34. The summed E-state index contributed by atoms with van der Waals surface area (Å²) in [6, 6.07) is 18.1. The Morgan fingerprint density at radius 2 is 1.42 bits per heavy atom. The highest BCUT2D eigenvalue weighted by atomic mass is 14.9. The van der Waals surface area contributed by atoms with Crippen LogP contribution in [-0.4, -0.2) is 13.1 Å². The Labute approximate surface area is 114 Å². The second kappa shape index (κ2) is 4.50. The fourth-order valence-corrected chi connectivity index (χ4v) is 3.88. The van der Waals surface area contributed by atoms with Gasteiger partial charge in [-0.05, 0) is 47.6 Å². The average molecular weight is 249 g/mol. The number of rotatable bonds is 0. The van der Waals surface area contributed by atoms with Crippen molar-refractivity contribution in [3.05, 3.63) is 70.8 Å². The Morgan fingerprint density at radius 3 is 2.16 bits per heavy atom. The lowest BCUT2D eigenvalue weighted by atomic mass is 9.77. The third-order valence-corrected chi connectivity index (χ3v) is 4.77. The molecule has 2 aromatic rings. The maximum Gasteiger partial charge on any atom is 0.00356 e. The molecule has 2 aliphatic rings. The fourth-order valence-electron chi connectivity index (χ4n) is 3.88. The van der Waals surface area contributed by atoms with Crippen molar-refractivity contribution in [3.8, 4) is 0 Å². The van der Waals surface area contributed by atoms with E-state index in [0.717, 1.165) is 19.5 Å². The number of piperidine rings is 1. The number of hydrogen-bond donors (Lipinski definition) is 1. The van der Waals surface area contributed by atoms with E-state index in [1.165, 1.54) is 17.5 Å². The minimum Gasteiger partial charge on any atom is -0.316 e. The summed E-state index contributed by atoms with van der Waals surface area (Å²) >= 11 is 0. The zero-order valence-corrected chi connectivity index (χ0v) is 11.1. The van der Waals surface area contributed by atoms with Crippen molar-refractivity contribution in [2.75, 3.05) is 13.1 Å². The van der Waals surface area contributed by atoms with Crippen LogP contribution in [0.25, 0.3) is 0 Å². The van der Waals surface area contributed by atoms with E-state index in [1.807, 2.05) is 0 Å². The number of hydrogen-bond acceptors (Lipinski definition) is 1. The van der Waals surface area contributed by atoms with Gasteiger partial charge in [0.25, 0.3) is 0 Å². The van der Waals surface area contributed by atoms with Crippen LogP contribution < -0.4 is 5.32 Å². The van der Waals surface area contributed by atoms with E-state index in [1.54, 1.807) is 11.1 Å². The molecule has 0 unspecified atom stereocenters. The van der Waals surface area contributed by atoms with Gasteiger partial charge in [-0.25, -0.2) is 0 Å². The molecule has 1 aliphatic heterocycles. The quantitative estimate of drug-likeness (QED) is 0.754. The first-order valence-corrected chi connectivity index (χ1v) is 7.30. The first kappa shape index (κ1) is 11.2. The molecule has 1 aliphatic carbocycles. The third-order valence-electron chi connectivity index (χ3n) is 4.77. The van der Waals surface area contributed by atoms with Crippen LogP contribution >= 0.6 is 0 Å². The molecule has 1 nitrogen and oxygen atoms in total. The van der Waals surface area contributed by atoms with Gasteiger partial charge in [0.05, 0.1) is 0 Å². The lowest BCUT2D eigenvalue weighted by Crippen LogP contribution is -2.34. The molecule has 0 aromatic heterocycles. The van der Waals surface area contributed by atoms with Gasteiger partial charge in [0.2, 0.25) is 0 Å². The first-order chi connectivity index (χ1) is 9.43. The van der Waals surface area contributed by atoms with Crippen LogP contribution in [0, 0.1) is 0 Å². The van der Waals surface area contributed by atoms with Crippen molar-refractivity contribution in [1.82, 2.24) is 5.32 Å². The number of nitrogens with one attached hydrogen (secondary N) is 1. The van der Waals surface area contributed by atoms with Crippen LogP contribution in [0.2, 0.25) is 0 Å². The van der Waals surface area contributed by atoms with Gasteiger partial charge < -0.3 is 5.32 Å². The van der Waals surface area contributed by atoms with E-state index in [9.17, 15) is 0 Å². The molecule has 0 radical (unpaired) electrons. The van der Waals surface area contributed by atoms with Gasteiger partial charge in [-0.3, -0.25) is 0 Å². The molecule has 1 saturated heterocycles. The average Bonchev–Trinajstić information content (AvgIpc) is 2.62. The SMILES string of the molecule is c1ccc2c(c1)Cc1ccccc1[C@@H]1CCNC[C@H]21. The zero-order valence-electron chi connectivity index (χ0n) is 11.1. The molecule has 0 saturated carbocycles. The molecule has 2 aromatic carbocycles. The van der Waals surface area contributed by atoms with Crippen molar-refractivity contribution in [2.24, 2.45) is 0 Å². The van der Waals surface area contributed by atoms with E-state index in [-0.39, 0.29) is 0 Å². The minimum absolute atomic E-state index is 0.647. The van der Waals surface area contributed by atoms with Crippen molar-refractivity contribution in [1.29, 1.82) is 0 Å². The first-order valence-electron chi connectivity index (χ1n) is 7.30. The van der Waals surface area contributed by atoms with Crippen molar-refractivity contribution < 1.29 is 0 Å². The van der Waals surface area contributed by atoms with Gasteiger partial charge in [0.15, 0.2) is 0 Å². The zero-order chi connectivity index (χ0) is 12.7. The Balaban J connectivity index is 1.92. The summed E-state index contributed by atoms with van der Waals surface area (Å²) < 4.78 is 0. The predicted molar refractivity (Wildman–Crippen MR) is 78.7 cm³/mol. The molecule has 1 heteroatoms. The van der Waals surface area contributed by atoms with E-state index in [4.69, 9.17) is 0 Å². The summed E-state index contributed by atoms with van der Waals surface area (Å²) in [7, 11) is 0.